The third-order valence-electron chi connectivity index (χ3n) is 3.93. The minimum atomic E-state index is -3.53. The summed E-state index contributed by atoms with van der Waals surface area (Å²) in [6.07, 6.45) is 5.40. The molecular weight excluding hydrogens is 330 g/mol. The lowest BCUT2D eigenvalue weighted by Crippen LogP contribution is -2.48. The molecule has 5 nitrogen and oxygen atoms in total. The molecule has 1 aliphatic rings. The van der Waals surface area contributed by atoms with Crippen molar-refractivity contribution in [1.29, 1.82) is 0 Å². The van der Waals surface area contributed by atoms with Crippen molar-refractivity contribution in [2.45, 2.75) is 15.8 Å². The van der Waals surface area contributed by atoms with Crippen LogP contribution in [-0.2, 0) is 10.0 Å². The first-order chi connectivity index (χ1) is 11.1. The van der Waals surface area contributed by atoms with Crippen LogP contribution in [0.2, 0.25) is 0 Å². The number of benzene rings is 1. The summed E-state index contributed by atoms with van der Waals surface area (Å²) in [4.78, 5) is 5.51. The van der Waals surface area contributed by atoms with Crippen molar-refractivity contribution in [3.05, 3.63) is 54.4 Å². The number of sulfonamides is 1. The number of hydrogen-bond donors (Lipinski definition) is 1. The van der Waals surface area contributed by atoms with E-state index in [0.29, 0.717) is 24.5 Å². The summed E-state index contributed by atoms with van der Waals surface area (Å²) in [5, 5.41) is 3.27. The van der Waals surface area contributed by atoms with Crippen LogP contribution in [0.1, 0.15) is 11.6 Å². The van der Waals surface area contributed by atoms with Gasteiger partial charge in [0.05, 0.1) is 10.9 Å². The monoisotopic (exact) mass is 349 g/mol. The molecule has 1 aromatic carbocycles. The number of aromatic nitrogens is 1. The van der Waals surface area contributed by atoms with Gasteiger partial charge >= 0.3 is 0 Å². The molecule has 1 aliphatic heterocycles. The first-order valence-electron chi connectivity index (χ1n) is 7.39. The number of nitrogens with zero attached hydrogens (tertiary/aromatic N) is 2. The molecule has 1 N–H and O–H groups in total. The van der Waals surface area contributed by atoms with Crippen molar-refractivity contribution in [3.63, 3.8) is 0 Å². The van der Waals surface area contributed by atoms with Crippen LogP contribution < -0.4 is 5.32 Å². The topological polar surface area (TPSA) is 62.3 Å². The molecule has 1 fully saturated rings. The van der Waals surface area contributed by atoms with Crippen molar-refractivity contribution >= 4 is 21.8 Å². The van der Waals surface area contributed by atoms with E-state index in [1.807, 2.05) is 30.5 Å². The lowest BCUT2D eigenvalue weighted by molar-refractivity contribution is 0.271. The summed E-state index contributed by atoms with van der Waals surface area (Å²) in [5.41, 5.74) is 0.906. The Bertz CT molecular complexity index is 749. The Hall–Kier alpha value is -1.41. The first kappa shape index (κ1) is 16.4. The van der Waals surface area contributed by atoms with Gasteiger partial charge in [-0.3, -0.25) is 4.98 Å². The molecule has 0 aliphatic carbocycles. The van der Waals surface area contributed by atoms with Crippen LogP contribution in [0.15, 0.2) is 58.6 Å². The molecule has 0 radical (unpaired) electrons. The van der Waals surface area contributed by atoms with Gasteiger partial charge in [-0.1, -0.05) is 6.07 Å². The molecule has 122 valence electrons. The van der Waals surface area contributed by atoms with E-state index in [2.05, 4.69) is 10.3 Å². The van der Waals surface area contributed by atoms with Gasteiger partial charge in [-0.05, 0) is 42.2 Å². The molecule has 7 heteroatoms. The highest BCUT2D eigenvalue weighted by atomic mass is 32.2. The molecule has 0 saturated carbocycles. The Balaban J connectivity index is 1.95. The van der Waals surface area contributed by atoms with Crippen molar-refractivity contribution in [2.24, 2.45) is 0 Å². The molecule has 0 bridgehead atoms. The predicted molar refractivity (Wildman–Crippen MR) is 92.0 cm³/mol. The van der Waals surface area contributed by atoms with Gasteiger partial charge in [0, 0.05) is 36.9 Å². The van der Waals surface area contributed by atoms with Gasteiger partial charge in [-0.15, -0.1) is 11.8 Å². The third-order valence-corrected chi connectivity index (χ3v) is 6.60. The average molecular weight is 349 g/mol. The standard InChI is InChI=1S/C16H19N3O2S2/c1-22-14-4-6-15(7-5-14)23(20,21)19-10-9-18-12-16(19)13-3-2-8-17-11-13/h2-8,11,16,18H,9-10,12H2,1H3. The molecule has 2 aromatic rings. The van der Waals surface area contributed by atoms with Crippen LogP contribution in [0.4, 0.5) is 0 Å². The van der Waals surface area contributed by atoms with Crippen LogP contribution in [0.3, 0.4) is 0 Å². The largest absolute Gasteiger partial charge is 0.313 e. The summed E-state index contributed by atoms with van der Waals surface area (Å²) in [5.74, 6) is 0. The van der Waals surface area contributed by atoms with E-state index in [1.54, 1.807) is 40.6 Å². The molecule has 1 unspecified atom stereocenters. The number of nitrogens with one attached hydrogen (secondary N) is 1. The van der Waals surface area contributed by atoms with E-state index < -0.39 is 10.0 Å². The lowest BCUT2D eigenvalue weighted by Gasteiger charge is -2.35. The normalized spacial score (nSPS) is 19.6. The SMILES string of the molecule is CSc1ccc(S(=O)(=O)N2CCNCC2c2cccnc2)cc1. The predicted octanol–water partition coefficient (Wildman–Crippen LogP) is 2.14. The Morgan fingerprint density at radius 3 is 2.70 bits per heavy atom. The van der Waals surface area contributed by atoms with Crippen molar-refractivity contribution < 1.29 is 8.42 Å². The highest BCUT2D eigenvalue weighted by Gasteiger charge is 2.34. The van der Waals surface area contributed by atoms with Crippen LogP contribution in [-0.4, -0.2) is 43.6 Å². The summed E-state index contributed by atoms with van der Waals surface area (Å²) >= 11 is 1.59. The van der Waals surface area contributed by atoms with Gasteiger partial charge in [-0.2, -0.15) is 4.31 Å². The molecule has 1 aromatic heterocycles. The zero-order valence-electron chi connectivity index (χ0n) is 12.8. The molecule has 23 heavy (non-hydrogen) atoms. The number of thioether (sulfide) groups is 1. The minimum absolute atomic E-state index is 0.234. The maximum atomic E-state index is 13.0. The van der Waals surface area contributed by atoms with Gasteiger partial charge in [0.25, 0.3) is 0 Å². The Morgan fingerprint density at radius 2 is 2.04 bits per heavy atom. The fourth-order valence-corrected chi connectivity index (χ4v) is 4.74. The summed E-state index contributed by atoms with van der Waals surface area (Å²) in [6, 6.07) is 10.6. The maximum absolute atomic E-state index is 13.0. The highest BCUT2D eigenvalue weighted by Crippen LogP contribution is 2.29. The lowest BCUT2D eigenvalue weighted by atomic mass is 10.1. The molecular formula is C16H19N3O2S2. The van der Waals surface area contributed by atoms with Crippen LogP contribution in [0, 0.1) is 0 Å². The molecule has 1 saturated heterocycles. The molecule has 3 rings (SSSR count). The Morgan fingerprint density at radius 1 is 1.26 bits per heavy atom. The van der Waals surface area contributed by atoms with Crippen LogP contribution >= 0.6 is 11.8 Å². The van der Waals surface area contributed by atoms with Gasteiger partial charge in [0.15, 0.2) is 0 Å². The second kappa shape index (κ2) is 7.00. The number of rotatable bonds is 4. The Kier molecular flexibility index (Phi) is 5.01. The van der Waals surface area contributed by atoms with Gasteiger partial charge in [-0.25, -0.2) is 8.42 Å². The summed E-state index contributed by atoms with van der Waals surface area (Å²) in [7, 11) is -3.53. The first-order valence-corrected chi connectivity index (χ1v) is 10.1. The second-order valence-electron chi connectivity index (χ2n) is 5.30. The van der Waals surface area contributed by atoms with Crippen LogP contribution in [0.5, 0.6) is 0 Å². The van der Waals surface area contributed by atoms with E-state index in [0.717, 1.165) is 10.5 Å². The van der Waals surface area contributed by atoms with E-state index in [9.17, 15) is 8.42 Å². The van der Waals surface area contributed by atoms with Gasteiger partial charge in [0.2, 0.25) is 10.0 Å². The minimum Gasteiger partial charge on any atom is -0.313 e. The van der Waals surface area contributed by atoms with Crippen LogP contribution in [0.25, 0.3) is 0 Å². The number of hydrogen-bond acceptors (Lipinski definition) is 5. The van der Waals surface area contributed by atoms with E-state index in [-0.39, 0.29) is 6.04 Å². The van der Waals surface area contributed by atoms with E-state index in [4.69, 9.17) is 0 Å². The van der Waals surface area contributed by atoms with Gasteiger partial charge in [0.1, 0.15) is 0 Å². The third kappa shape index (κ3) is 3.42. The Labute approximate surface area is 141 Å². The molecule has 1 atom stereocenters. The fraction of sp³-hybridized carbons (Fsp3) is 0.312. The van der Waals surface area contributed by atoms with E-state index in [1.165, 1.54) is 0 Å². The smallest absolute Gasteiger partial charge is 0.243 e. The average Bonchev–Trinajstić information content (AvgIpc) is 2.62. The quantitative estimate of drug-likeness (QED) is 0.857. The number of piperazine rings is 1. The molecule has 2 heterocycles. The zero-order valence-corrected chi connectivity index (χ0v) is 14.5. The van der Waals surface area contributed by atoms with Gasteiger partial charge < -0.3 is 5.32 Å². The second-order valence-corrected chi connectivity index (χ2v) is 8.07. The zero-order chi connectivity index (χ0) is 16.3. The summed E-state index contributed by atoms with van der Waals surface area (Å²) in [6.45, 7) is 1.69. The molecule has 0 spiro atoms. The fourth-order valence-electron chi connectivity index (χ4n) is 2.71. The summed E-state index contributed by atoms with van der Waals surface area (Å²) < 4.78 is 27.7. The number of pyridine rings is 1. The van der Waals surface area contributed by atoms with Crippen molar-refractivity contribution in [2.75, 3.05) is 25.9 Å². The highest BCUT2D eigenvalue weighted by molar-refractivity contribution is 7.98. The van der Waals surface area contributed by atoms with Crippen molar-refractivity contribution in [1.82, 2.24) is 14.6 Å². The maximum Gasteiger partial charge on any atom is 0.243 e. The van der Waals surface area contributed by atoms with Crippen molar-refractivity contribution in [3.8, 4) is 0 Å². The van der Waals surface area contributed by atoms with E-state index >= 15 is 0 Å². The molecule has 0 amide bonds.